The molecule has 0 N–H and O–H groups in total. The van der Waals surface area contributed by atoms with Crippen LogP contribution in [-0.4, -0.2) is 10.2 Å². The number of hydrogen-bond donors (Lipinski definition) is 0. The summed E-state index contributed by atoms with van der Waals surface area (Å²) in [5.41, 5.74) is 0. The van der Waals surface area contributed by atoms with E-state index in [1.807, 2.05) is 0 Å². The van der Waals surface area contributed by atoms with Gasteiger partial charge in [-0.3, -0.25) is 0 Å². The summed E-state index contributed by atoms with van der Waals surface area (Å²) in [5, 5.41) is 0.619. The quantitative estimate of drug-likeness (QED) is 0.513. The van der Waals surface area contributed by atoms with Crippen molar-refractivity contribution in [2.75, 3.05) is 0 Å². The molecule has 0 amide bonds. The summed E-state index contributed by atoms with van der Waals surface area (Å²) >= 11 is 0. The SMILES string of the molecule is C=C(C)OC([SiH3])=C(OC(=C)C)OC(=C)C. The van der Waals surface area contributed by atoms with Crippen LogP contribution in [0.4, 0.5) is 0 Å². The molecule has 0 aromatic carbocycles. The highest BCUT2D eigenvalue weighted by Gasteiger charge is 2.08. The van der Waals surface area contributed by atoms with Crippen molar-refractivity contribution < 1.29 is 14.2 Å². The molecule has 0 saturated heterocycles. The van der Waals surface area contributed by atoms with Crippen LogP contribution in [0.5, 0.6) is 0 Å². The van der Waals surface area contributed by atoms with Gasteiger partial charge >= 0.3 is 5.95 Å². The van der Waals surface area contributed by atoms with Gasteiger partial charge in [0.05, 0.1) is 27.5 Å². The molecule has 0 heterocycles. The first-order chi connectivity index (χ1) is 6.82. The number of hydrogen-bond acceptors (Lipinski definition) is 3. The summed E-state index contributed by atoms with van der Waals surface area (Å²) in [4.78, 5) is 0. The fraction of sp³-hybridized carbons (Fsp3) is 0.273. The average Bonchev–Trinajstić information content (AvgIpc) is 1.99. The van der Waals surface area contributed by atoms with Crippen LogP contribution in [0.2, 0.25) is 0 Å². The molecule has 0 aromatic heterocycles. The highest BCUT2D eigenvalue weighted by atomic mass is 28.1. The number of ether oxygens (including phenoxy) is 3. The van der Waals surface area contributed by atoms with Crippen molar-refractivity contribution in [3.05, 3.63) is 48.3 Å². The van der Waals surface area contributed by atoms with Crippen LogP contribution in [0.25, 0.3) is 0 Å². The van der Waals surface area contributed by atoms with E-state index in [1.165, 1.54) is 0 Å². The molecule has 3 nitrogen and oxygen atoms in total. The summed E-state index contributed by atoms with van der Waals surface area (Å²) < 4.78 is 15.9. The van der Waals surface area contributed by atoms with Crippen molar-refractivity contribution in [2.24, 2.45) is 0 Å². The molecular weight excluding hydrogens is 208 g/mol. The Kier molecular flexibility index (Phi) is 5.55. The van der Waals surface area contributed by atoms with E-state index in [0.29, 0.717) is 38.8 Å². The predicted molar refractivity (Wildman–Crippen MR) is 64.7 cm³/mol. The molecule has 0 aliphatic rings. The van der Waals surface area contributed by atoms with E-state index >= 15 is 0 Å². The molecule has 0 bridgehead atoms. The van der Waals surface area contributed by atoms with Crippen molar-refractivity contribution in [2.45, 2.75) is 20.8 Å². The second-order valence-electron chi connectivity index (χ2n) is 3.26. The van der Waals surface area contributed by atoms with Crippen LogP contribution in [-0.2, 0) is 14.2 Å². The van der Waals surface area contributed by atoms with Crippen LogP contribution in [0.15, 0.2) is 48.3 Å². The van der Waals surface area contributed by atoms with Crippen molar-refractivity contribution in [3.8, 4) is 0 Å². The minimum atomic E-state index is 0.296. The Labute approximate surface area is 94.1 Å². The number of rotatable bonds is 6. The summed E-state index contributed by atoms with van der Waals surface area (Å²) in [6, 6.07) is 0. The molecule has 0 saturated carbocycles. The normalized spacial score (nSPS) is 9.00. The third kappa shape index (κ3) is 6.62. The first-order valence-corrected chi connectivity index (χ1v) is 5.54. The standard InChI is InChI=1S/C11H18O3Si/c1-7(2)12-10(13-8(3)4)11(15)14-9(5)6/h1,3,5H2,2,4,6,15H3. The molecule has 0 aliphatic carbocycles. The number of allylic oxidation sites excluding steroid dienone is 3. The average molecular weight is 226 g/mol. The van der Waals surface area contributed by atoms with E-state index in [1.54, 1.807) is 20.8 Å². The molecule has 0 radical (unpaired) electrons. The maximum absolute atomic E-state index is 5.33. The second kappa shape index (κ2) is 6.13. The van der Waals surface area contributed by atoms with Gasteiger partial charge in [0.1, 0.15) is 0 Å². The Bertz CT molecular complexity index is 298. The van der Waals surface area contributed by atoms with Gasteiger partial charge in [-0.05, 0) is 20.8 Å². The molecule has 84 valence electrons. The molecule has 0 rings (SSSR count). The van der Waals surface area contributed by atoms with Gasteiger partial charge in [0.2, 0.25) is 0 Å². The summed E-state index contributed by atoms with van der Waals surface area (Å²) in [6.45, 7) is 16.1. The van der Waals surface area contributed by atoms with E-state index in [2.05, 4.69) is 19.7 Å². The van der Waals surface area contributed by atoms with Crippen LogP contribution < -0.4 is 0 Å². The van der Waals surface area contributed by atoms with Gasteiger partial charge in [-0.25, -0.2) is 0 Å². The van der Waals surface area contributed by atoms with E-state index in [4.69, 9.17) is 14.2 Å². The smallest absolute Gasteiger partial charge is 0.323 e. The van der Waals surface area contributed by atoms with Gasteiger partial charge in [0, 0.05) is 0 Å². The van der Waals surface area contributed by atoms with Crippen LogP contribution in [0.3, 0.4) is 0 Å². The predicted octanol–water partition coefficient (Wildman–Crippen LogP) is 2.13. The van der Waals surface area contributed by atoms with E-state index in [-0.39, 0.29) is 0 Å². The van der Waals surface area contributed by atoms with Crippen LogP contribution >= 0.6 is 0 Å². The zero-order valence-electron chi connectivity index (χ0n) is 9.85. The van der Waals surface area contributed by atoms with E-state index in [9.17, 15) is 0 Å². The lowest BCUT2D eigenvalue weighted by atomic mass is 10.6. The van der Waals surface area contributed by atoms with Gasteiger partial charge in [0.25, 0.3) is 0 Å². The molecular formula is C11H18O3Si. The third-order valence-corrected chi connectivity index (χ3v) is 1.76. The Morgan fingerprint density at radius 3 is 1.40 bits per heavy atom. The molecule has 0 atom stereocenters. The third-order valence-electron chi connectivity index (χ3n) is 1.15. The summed E-state index contributed by atoms with van der Waals surface area (Å²) in [5.74, 6) is 1.95. The Morgan fingerprint density at radius 1 is 0.800 bits per heavy atom. The molecule has 0 fully saturated rings. The summed E-state index contributed by atoms with van der Waals surface area (Å²) in [6.07, 6.45) is 0. The van der Waals surface area contributed by atoms with Gasteiger partial charge in [-0.15, -0.1) is 0 Å². The minimum Gasteiger partial charge on any atom is -0.466 e. The second-order valence-corrected chi connectivity index (χ2v) is 4.16. The monoisotopic (exact) mass is 226 g/mol. The molecule has 0 unspecified atom stereocenters. The Balaban J connectivity index is 4.78. The maximum atomic E-state index is 5.33. The van der Waals surface area contributed by atoms with Crippen LogP contribution in [0.1, 0.15) is 20.8 Å². The van der Waals surface area contributed by atoms with Crippen molar-refractivity contribution in [1.82, 2.24) is 0 Å². The Hall–Kier alpha value is -1.42. The summed E-state index contributed by atoms with van der Waals surface area (Å²) in [7, 11) is 0.645. The van der Waals surface area contributed by atoms with Crippen molar-refractivity contribution in [1.29, 1.82) is 0 Å². The molecule has 0 spiro atoms. The van der Waals surface area contributed by atoms with Gasteiger partial charge in [-0.1, -0.05) is 19.7 Å². The first kappa shape index (κ1) is 13.6. The fourth-order valence-corrected chi connectivity index (χ4v) is 1.34. The van der Waals surface area contributed by atoms with Gasteiger partial charge in [-0.2, -0.15) is 0 Å². The lowest BCUT2D eigenvalue weighted by Crippen LogP contribution is -2.02. The van der Waals surface area contributed by atoms with Crippen molar-refractivity contribution >= 4 is 10.2 Å². The van der Waals surface area contributed by atoms with Crippen molar-refractivity contribution in [3.63, 3.8) is 0 Å². The molecule has 4 heteroatoms. The van der Waals surface area contributed by atoms with Gasteiger partial charge < -0.3 is 14.2 Å². The maximum Gasteiger partial charge on any atom is 0.323 e. The molecule has 0 aromatic rings. The molecule has 0 aliphatic heterocycles. The topological polar surface area (TPSA) is 27.7 Å². The highest BCUT2D eigenvalue weighted by molar-refractivity contribution is 6.20. The van der Waals surface area contributed by atoms with Gasteiger partial charge in [0.15, 0.2) is 5.38 Å². The zero-order chi connectivity index (χ0) is 12.0. The highest BCUT2D eigenvalue weighted by Crippen LogP contribution is 2.15. The zero-order valence-corrected chi connectivity index (χ0v) is 11.8. The molecule has 15 heavy (non-hydrogen) atoms. The largest absolute Gasteiger partial charge is 0.466 e. The lowest BCUT2D eigenvalue weighted by molar-refractivity contribution is 0.0953. The van der Waals surface area contributed by atoms with E-state index < -0.39 is 0 Å². The lowest BCUT2D eigenvalue weighted by Gasteiger charge is -2.14. The fourth-order valence-electron chi connectivity index (χ4n) is 0.784. The minimum absolute atomic E-state index is 0.296. The van der Waals surface area contributed by atoms with Crippen LogP contribution in [0, 0.1) is 0 Å². The Morgan fingerprint density at radius 2 is 1.13 bits per heavy atom. The van der Waals surface area contributed by atoms with E-state index in [0.717, 1.165) is 0 Å². The first-order valence-electron chi connectivity index (χ1n) is 4.54.